The van der Waals surface area contributed by atoms with Crippen LogP contribution in [-0.4, -0.2) is 51.1 Å². The van der Waals surface area contributed by atoms with Crippen LogP contribution in [0, 0.1) is 5.92 Å². The third-order valence-electron chi connectivity index (χ3n) is 5.64. The second kappa shape index (κ2) is 9.58. The summed E-state index contributed by atoms with van der Waals surface area (Å²) in [5.74, 6) is 0.518. The summed E-state index contributed by atoms with van der Waals surface area (Å²) in [6.07, 6.45) is 0.970. The summed E-state index contributed by atoms with van der Waals surface area (Å²) in [4.78, 5) is 27.1. The fraction of sp³-hybridized carbons (Fsp3) is 0.364. The summed E-state index contributed by atoms with van der Waals surface area (Å²) in [5, 5.41) is 3.30. The van der Waals surface area contributed by atoms with Gasteiger partial charge in [0.1, 0.15) is 0 Å². The molecule has 0 radical (unpaired) electrons. The molecule has 2 amide bonds. The molecule has 11 heteroatoms. The Morgan fingerprint density at radius 3 is 2.42 bits per heavy atom. The van der Waals surface area contributed by atoms with Gasteiger partial charge in [-0.3, -0.25) is 9.59 Å². The summed E-state index contributed by atoms with van der Waals surface area (Å²) in [7, 11) is -3.86. The summed E-state index contributed by atoms with van der Waals surface area (Å²) in [6.45, 7) is 2.40. The van der Waals surface area contributed by atoms with E-state index in [9.17, 15) is 18.0 Å². The maximum absolute atomic E-state index is 12.8. The third-order valence-corrected chi connectivity index (χ3v) is 7.45. The molecule has 1 fully saturated rings. The van der Waals surface area contributed by atoms with E-state index < -0.39 is 16.1 Å². The zero-order valence-electron chi connectivity index (χ0n) is 17.9. The number of rotatable bonds is 6. The van der Waals surface area contributed by atoms with Crippen molar-refractivity contribution in [3.63, 3.8) is 0 Å². The number of fused-ring (bicyclic) bond motifs is 1. The molecule has 2 aliphatic heterocycles. The molecule has 0 saturated carbocycles. The van der Waals surface area contributed by atoms with Crippen molar-refractivity contribution in [2.75, 3.05) is 25.2 Å². The van der Waals surface area contributed by atoms with Crippen molar-refractivity contribution in [3.8, 4) is 11.5 Å². The average Bonchev–Trinajstić information content (AvgIpc) is 3.26. The summed E-state index contributed by atoms with van der Waals surface area (Å²) >= 11 is 5.81. The van der Waals surface area contributed by atoms with Crippen molar-refractivity contribution >= 4 is 39.1 Å². The Kier molecular flexibility index (Phi) is 6.78. The van der Waals surface area contributed by atoms with Gasteiger partial charge in [0.15, 0.2) is 11.5 Å². The first-order valence-corrected chi connectivity index (χ1v) is 12.4. The molecule has 1 saturated heterocycles. The van der Waals surface area contributed by atoms with E-state index in [2.05, 4.69) is 10.0 Å². The lowest BCUT2D eigenvalue weighted by molar-refractivity contribution is -0.135. The lowest BCUT2D eigenvalue weighted by atomic mass is 9.95. The molecule has 2 aromatic rings. The van der Waals surface area contributed by atoms with Crippen molar-refractivity contribution in [1.29, 1.82) is 0 Å². The van der Waals surface area contributed by atoms with Gasteiger partial charge in [-0.05, 0) is 56.2 Å². The van der Waals surface area contributed by atoms with E-state index in [0.717, 1.165) is 0 Å². The zero-order chi connectivity index (χ0) is 23.6. The van der Waals surface area contributed by atoms with E-state index in [1.165, 1.54) is 31.2 Å². The monoisotopic (exact) mass is 493 g/mol. The van der Waals surface area contributed by atoms with Crippen molar-refractivity contribution in [2.24, 2.45) is 5.92 Å². The highest BCUT2D eigenvalue weighted by atomic mass is 35.5. The number of hydrogen-bond acceptors (Lipinski definition) is 6. The lowest BCUT2D eigenvalue weighted by Crippen LogP contribution is -2.50. The number of nitrogens with zero attached hydrogens (tertiary/aromatic N) is 1. The predicted molar refractivity (Wildman–Crippen MR) is 122 cm³/mol. The highest BCUT2D eigenvalue weighted by molar-refractivity contribution is 7.89. The van der Waals surface area contributed by atoms with Crippen LogP contribution >= 0.6 is 11.6 Å². The summed E-state index contributed by atoms with van der Waals surface area (Å²) in [6, 6.07) is 9.98. The van der Waals surface area contributed by atoms with Crippen LogP contribution in [0.15, 0.2) is 47.4 Å². The number of anilines is 1. The normalized spacial score (nSPS) is 17.0. The molecular formula is C22H24ClN3O6S. The number of likely N-dealkylation sites (tertiary alicyclic amines) is 1. The Morgan fingerprint density at radius 1 is 1.06 bits per heavy atom. The molecule has 33 heavy (non-hydrogen) atoms. The van der Waals surface area contributed by atoms with Crippen molar-refractivity contribution in [1.82, 2.24) is 9.62 Å². The highest BCUT2D eigenvalue weighted by Gasteiger charge is 2.31. The molecule has 0 aromatic heterocycles. The van der Waals surface area contributed by atoms with E-state index in [1.807, 2.05) is 0 Å². The molecule has 4 rings (SSSR count). The number of hydrogen-bond donors (Lipinski definition) is 2. The van der Waals surface area contributed by atoms with Crippen LogP contribution in [0.5, 0.6) is 11.5 Å². The van der Waals surface area contributed by atoms with E-state index in [0.29, 0.717) is 48.1 Å². The Balaban J connectivity index is 1.29. The number of piperidine rings is 1. The van der Waals surface area contributed by atoms with Crippen LogP contribution in [0.25, 0.3) is 0 Å². The number of carbonyl (C=O) groups is 2. The standard InChI is InChI=1S/C22H24ClN3O6S/c1-14(25-33(29,30)18-5-2-16(23)3-6-18)22(28)26-10-8-15(9-11-26)21(27)24-17-4-7-19-20(12-17)32-13-31-19/h2-7,12,14-15,25H,8-11,13H2,1H3,(H,24,27). The number of halogens is 1. The van der Waals surface area contributed by atoms with E-state index in [1.54, 1.807) is 23.1 Å². The molecule has 2 N–H and O–H groups in total. The first-order chi connectivity index (χ1) is 15.7. The fourth-order valence-electron chi connectivity index (χ4n) is 3.82. The minimum atomic E-state index is -3.86. The largest absolute Gasteiger partial charge is 0.454 e. The lowest BCUT2D eigenvalue weighted by Gasteiger charge is -2.33. The molecule has 9 nitrogen and oxygen atoms in total. The van der Waals surface area contributed by atoms with Crippen molar-refractivity contribution in [2.45, 2.75) is 30.7 Å². The molecule has 2 heterocycles. The molecule has 2 aromatic carbocycles. The third kappa shape index (κ3) is 5.40. The number of carbonyl (C=O) groups excluding carboxylic acids is 2. The Bertz CT molecular complexity index is 1150. The fourth-order valence-corrected chi connectivity index (χ4v) is 5.14. The van der Waals surface area contributed by atoms with Gasteiger partial charge in [0.05, 0.1) is 10.9 Å². The average molecular weight is 494 g/mol. The first-order valence-electron chi connectivity index (χ1n) is 10.5. The molecule has 1 atom stereocenters. The number of benzene rings is 2. The Morgan fingerprint density at radius 2 is 1.73 bits per heavy atom. The minimum Gasteiger partial charge on any atom is -0.454 e. The zero-order valence-corrected chi connectivity index (χ0v) is 19.5. The summed E-state index contributed by atoms with van der Waals surface area (Å²) in [5.41, 5.74) is 0.619. The maximum Gasteiger partial charge on any atom is 0.241 e. The van der Waals surface area contributed by atoms with Gasteiger partial charge in [-0.25, -0.2) is 8.42 Å². The number of nitrogens with one attached hydrogen (secondary N) is 2. The highest BCUT2D eigenvalue weighted by Crippen LogP contribution is 2.34. The molecule has 2 aliphatic rings. The van der Waals surface area contributed by atoms with Gasteiger partial charge in [-0.2, -0.15) is 4.72 Å². The van der Waals surface area contributed by atoms with Gasteiger partial charge in [0.25, 0.3) is 0 Å². The van der Waals surface area contributed by atoms with Crippen molar-refractivity contribution < 1.29 is 27.5 Å². The van der Waals surface area contributed by atoms with Crippen LogP contribution in [0.2, 0.25) is 5.02 Å². The van der Waals surface area contributed by atoms with Gasteiger partial charge in [-0.1, -0.05) is 11.6 Å². The summed E-state index contributed by atoms with van der Waals surface area (Å²) < 4.78 is 38.1. The Labute approximate surface area is 197 Å². The van der Waals surface area contributed by atoms with Crippen molar-refractivity contribution in [3.05, 3.63) is 47.5 Å². The number of sulfonamides is 1. The van der Waals surface area contributed by atoms with Gasteiger partial charge >= 0.3 is 0 Å². The molecule has 176 valence electrons. The van der Waals surface area contributed by atoms with E-state index in [4.69, 9.17) is 21.1 Å². The van der Waals surface area contributed by atoms with Crippen LogP contribution in [0.3, 0.4) is 0 Å². The second-order valence-electron chi connectivity index (χ2n) is 7.95. The SMILES string of the molecule is CC(NS(=O)(=O)c1ccc(Cl)cc1)C(=O)N1CCC(C(=O)Nc2ccc3c(c2)OCO3)CC1. The quantitative estimate of drug-likeness (QED) is 0.639. The molecule has 0 bridgehead atoms. The van der Waals surface area contributed by atoms with Gasteiger partial charge < -0.3 is 19.7 Å². The van der Waals surface area contributed by atoms with Gasteiger partial charge in [-0.15, -0.1) is 0 Å². The van der Waals surface area contributed by atoms with E-state index >= 15 is 0 Å². The smallest absolute Gasteiger partial charge is 0.241 e. The van der Waals surface area contributed by atoms with E-state index in [-0.39, 0.29) is 29.4 Å². The molecular weight excluding hydrogens is 470 g/mol. The molecule has 0 aliphatic carbocycles. The minimum absolute atomic E-state index is 0.0328. The number of ether oxygens (including phenoxy) is 2. The van der Waals surface area contributed by atoms with Gasteiger partial charge in [0.2, 0.25) is 28.6 Å². The van der Waals surface area contributed by atoms with Crippen LogP contribution < -0.4 is 19.5 Å². The van der Waals surface area contributed by atoms with Crippen LogP contribution in [0.4, 0.5) is 5.69 Å². The van der Waals surface area contributed by atoms with Gasteiger partial charge in [0, 0.05) is 35.8 Å². The predicted octanol–water partition coefficient (Wildman–Crippen LogP) is 2.61. The second-order valence-corrected chi connectivity index (χ2v) is 10.1. The van der Waals surface area contributed by atoms with Crippen LogP contribution in [0.1, 0.15) is 19.8 Å². The van der Waals surface area contributed by atoms with Crippen LogP contribution in [-0.2, 0) is 19.6 Å². The molecule has 0 spiro atoms. The maximum atomic E-state index is 12.8. The number of amides is 2. The molecule has 1 unspecified atom stereocenters. The topological polar surface area (TPSA) is 114 Å². The first kappa shape index (κ1) is 23.3. The Hall–Kier alpha value is -2.82.